The van der Waals surface area contributed by atoms with Crippen molar-refractivity contribution in [3.63, 3.8) is 0 Å². The van der Waals surface area contributed by atoms with Gasteiger partial charge in [-0.25, -0.2) is 0 Å². The van der Waals surface area contributed by atoms with Crippen LogP contribution in [0.1, 0.15) is 22.5 Å². The number of anilines is 1. The first-order chi connectivity index (χ1) is 9.25. The number of fused-ring (bicyclic) bond motifs is 1. The Bertz CT molecular complexity index is 676. The smallest absolute Gasteiger partial charge is 0.274 e. The number of rotatable bonds is 1. The number of aromatic amines is 1. The third-order valence-electron chi connectivity index (χ3n) is 3.35. The maximum atomic E-state index is 12.5. The van der Waals surface area contributed by atoms with Crippen LogP contribution in [0.3, 0.4) is 0 Å². The summed E-state index contributed by atoms with van der Waals surface area (Å²) in [7, 11) is 0. The van der Waals surface area contributed by atoms with Gasteiger partial charge in [-0.2, -0.15) is 0 Å². The van der Waals surface area contributed by atoms with E-state index in [1.807, 2.05) is 24.3 Å². The summed E-state index contributed by atoms with van der Waals surface area (Å²) in [6.07, 6.45) is 1.94. The molecule has 96 valence electrons. The molecule has 2 heterocycles. The average molecular weight is 254 g/mol. The normalized spacial score (nSPS) is 14.0. The van der Waals surface area contributed by atoms with E-state index in [4.69, 9.17) is 0 Å². The van der Waals surface area contributed by atoms with Crippen LogP contribution in [-0.2, 0) is 6.42 Å². The number of carbonyl (C=O) groups excluding carboxylic acids is 1. The molecule has 1 amide bonds. The number of benzene rings is 1. The summed E-state index contributed by atoms with van der Waals surface area (Å²) in [5.41, 5.74) is 2.21. The fraction of sp³-hybridized carbons (Fsp3) is 0.200. The Labute approximate surface area is 110 Å². The van der Waals surface area contributed by atoms with E-state index in [2.05, 4.69) is 4.98 Å². The molecule has 1 aromatic heterocycles. The van der Waals surface area contributed by atoms with Gasteiger partial charge in [-0.05, 0) is 30.5 Å². The molecular weight excluding hydrogens is 240 g/mol. The monoisotopic (exact) mass is 254 g/mol. The molecule has 1 N–H and O–H groups in total. The van der Waals surface area contributed by atoms with Crippen LogP contribution < -0.4 is 10.5 Å². The Kier molecular flexibility index (Phi) is 2.91. The summed E-state index contributed by atoms with van der Waals surface area (Å²) in [5, 5.41) is 0. The molecule has 3 rings (SSSR count). The second-order valence-electron chi connectivity index (χ2n) is 4.62. The minimum Gasteiger partial charge on any atom is -0.318 e. The lowest BCUT2D eigenvalue weighted by Gasteiger charge is -2.29. The molecule has 4 nitrogen and oxygen atoms in total. The molecule has 2 aromatic rings. The van der Waals surface area contributed by atoms with Crippen LogP contribution in [0.25, 0.3) is 0 Å². The molecule has 0 unspecified atom stereocenters. The summed E-state index contributed by atoms with van der Waals surface area (Å²) in [5.74, 6) is -0.148. The molecule has 0 fully saturated rings. The number of nitrogens with zero attached hydrogens (tertiary/aromatic N) is 1. The highest BCUT2D eigenvalue weighted by Gasteiger charge is 2.23. The number of hydrogen-bond donors (Lipinski definition) is 1. The largest absolute Gasteiger partial charge is 0.318 e. The fourth-order valence-corrected chi connectivity index (χ4v) is 2.46. The number of aryl methyl sites for hydroxylation is 1. The number of nitrogens with one attached hydrogen (secondary N) is 1. The summed E-state index contributed by atoms with van der Waals surface area (Å²) < 4.78 is 0. The third kappa shape index (κ3) is 2.17. The minimum absolute atomic E-state index is 0.148. The molecule has 0 radical (unpaired) electrons. The Balaban J connectivity index is 2.00. The number of aromatic nitrogens is 1. The van der Waals surface area contributed by atoms with Gasteiger partial charge in [-0.15, -0.1) is 0 Å². The molecule has 0 atom stereocenters. The molecule has 1 aliphatic rings. The summed E-state index contributed by atoms with van der Waals surface area (Å²) >= 11 is 0. The number of amides is 1. The van der Waals surface area contributed by atoms with Crippen LogP contribution in [0.4, 0.5) is 5.69 Å². The van der Waals surface area contributed by atoms with E-state index in [1.165, 1.54) is 11.6 Å². The predicted molar refractivity (Wildman–Crippen MR) is 73.5 cm³/mol. The molecule has 0 spiro atoms. The van der Waals surface area contributed by atoms with E-state index in [0.717, 1.165) is 18.5 Å². The summed E-state index contributed by atoms with van der Waals surface area (Å²) in [6, 6.07) is 12.6. The quantitative estimate of drug-likeness (QED) is 0.845. The van der Waals surface area contributed by atoms with E-state index < -0.39 is 0 Å². The second-order valence-corrected chi connectivity index (χ2v) is 4.62. The number of H-pyrrole nitrogens is 1. The Hall–Kier alpha value is -2.36. The van der Waals surface area contributed by atoms with Crippen molar-refractivity contribution >= 4 is 11.6 Å². The average Bonchev–Trinajstić information content (AvgIpc) is 2.46. The molecular formula is C15H14N2O2. The Morgan fingerprint density at radius 2 is 1.95 bits per heavy atom. The first-order valence-corrected chi connectivity index (χ1v) is 6.35. The maximum Gasteiger partial charge on any atom is 0.274 e. The van der Waals surface area contributed by atoms with Crippen molar-refractivity contribution in [1.82, 2.24) is 4.98 Å². The van der Waals surface area contributed by atoms with E-state index in [-0.39, 0.29) is 11.5 Å². The van der Waals surface area contributed by atoms with Crippen LogP contribution in [0.5, 0.6) is 0 Å². The Morgan fingerprint density at radius 1 is 1.11 bits per heavy atom. The molecule has 19 heavy (non-hydrogen) atoms. The molecule has 0 saturated heterocycles. The summed E-state index contributed by atoms with van der Waals surface area (Å²) in [4.78, 5) is 28.1. The highest BCUT2D eigenvalue weighted by molar-refractivity contribution is 6.05. The van der Waals surface area contributed by atoms with Crippen LogP contribution in [0.15, 0.2) is 47.3 Å². The molecule has 1 aliphatic heterocycles. The molecule has 4 heteroatoms. The van der Waals surface area contributed by atoms with Gasteiger partial charge in [0.2, 0.25) is 5.56 Å². The van der Waals surface area contributed by atoms with Gasteiger partial charge in [0, 0.05) is 18.3 Å². The molecule has 0 saturated carbocycles. The van der Waals surface area contributed by atoms with Crippen LogP contribution in [0.2, 0.25) is 0 Å². The van der Waals surface area contributed by atoms with Gasteiger partial charge >= 0.3 is 0 Å². The van der Waals surface area contributed by atoms with Crippen LogP contribution in [-0.4, -0.2) is 17.4 Å². The van der Waals surface area contributed by atoms with Gasteiger partial charge in [0.05, 0.1) is 0 Å². The molecule has 1 aromatic carbocycles. The van der Waals surface area contributed by atoms with Crippen molar-refractivity contribution < 1.29 is 4.79 Å². The van der Waals surface area contributed by atoms with Gasteiger partial charge in [0.1, 0.15) is 5.69 Å². The van der Waals surface area contributed by atoms with Crippen molar-refractivity contribution in [1.29, 1.82) is 0 Å². The third-order valence-corrected chi connectivity index (χ3v) is 3.35. The number of para-hydroxylation sites is 1. The predicted octanol–water partition coefficient (Wildman–Crippen LogP) is 1.97. The first kappa shape index (κ1) is 11.7. The molecule has 0 bridgehead atoms. The van der Waals surface area contributed by atoms with Crippen molar-refractivity contribution in [2.45, 2.75) is 12.8 Å². The standard InChI is InChI=1S/C15H14N2O2/c18-14-9-3-7-12(16-14)15(19)17-10-4-6-11-5-1-2-8-13(11)17/h1-3,5,7-9H,4,6,10H2,(H,16,18). The lowest BCUT2D eigenvalue weighted by molar-refractivity contribution is 0.0980. The topological polar surface area (TPSA) is 53.2 Å². The van der Waals surface area contributed by atoms with Crippen LogP contribution in [0, 0.1) is 0 Å². The number of pyridine rings is 1. The second kappa shape index (κ2) is 4.72. The maximum absolute atomic E-state index is 12.5. The zero-order chi connectivity index (χ0) is 13.2. The van der Waals surface area contributed by atoms with E-state index in [1.54, 1.807) is 17.0 Å². The first-order valence-electron chi connectivity index (χ1n) is 6.35. The SMILES string of the molecule is O=C(c1cccc(=O)[nH]1)N1CCCc2ccccc21. The zero-order valence-electron chi connectivity index (χ0n) is 10.4. The Morgan fingerprint density at radius 3 is 2.79 bits per heavy atom. The van der Waals surface area contributed by atoms with E-state index in [9.17, 15) is 9.59 Å². The van der Waals surface area contributed by atoms with Crippen molar-refractivity contribution in [3.05, 3.63) is 64.1 Å². The highest BCUT2D eigenvalue weighted by atomic mass is 16.2. The molecule has 0 aliphatic carbocycles. The fourth-order valence-electron chi connectivity index (χ4n) is 2.46. The lowest BCUT2D eigenvalue weighted by atomic mass is 10.0. The van der Waals surface area contributed by atoms with Gasteiger partial charge in [0.25, 0.3) is 5.91 Å². The minimum atomic E-state index is -0.254. The summed E-state index contributed by atoms with van der Waals surface area (Å²) in [6.45, 7) is 0.687. The van der Waals surface area contributed by atoms with Crippen LogP contribution >= 0.6 is 0 Å². The van der Waals surface area contributed by atoms with Crippen molar-refractivity contribution in [3.8, 4) is 0 Å². The van der Waals surface area contributed by atoms with Gasteiger partial charge in [0.15, 0.2) is 0 Å². The highest BCUT2D eigenvalue weighted by Crippen LogP contribution is 2.27. The van der Waals surface area contributed by atoms with Crippen molar-refractivity contribution in [2.24, 2.45) is 0 Å². The van der Waals surface area contributed by atoms with Crippen molar-refractivity contribution in [2.75, 3.05) is 11.4 Å². The number of hydrogen-bond acceptors (Lipinski definition) is 2. The lowest BCUT2D eigenvalue weighted by Crippen LogP contribution is -2.36. The van der Waals surface area contributed by atoms with E-state index >= 15 is 0 Å². The van der Waals surface area contributed by atoms with E-state index in [0.29, 0.717) is 12.2 Å². The zero-order valence-corrected chi connectivity index (χ0v) is 10.4. The van der Waals surface area contributed by atoms with Gasteiger partial charge < -0.3 is 9.88 Å². The van der Waals surface area contributed by atoms with Gasteiger partial charge in [-0.3, -0.25) is 9.59 Å². The number of carbonyl (C=O) groups is 1. The van der Waals surface area contributed by atoms with Gasteiger partial charge in [-0.1, -0.05) is 24.3 Å².